The van der Waals surface area contributed by atoms with Crippen molar-refractivity contribution in [1.29, 1.82) is 0 Å². The van der Waals surface area contributed by atoms with E-state index in [1.54, 1.807) is 0 Å². The van der Waals surface area contributed by atoms with E-state index in [9.17, 15) is 14.4 Å². The molecule has 0 atom stereocenters. The summed E-state index contributed by atoms with van der Waals surface area (Å²) >= 11 is 2.91. The first kappa shape index (κ1) is 9.12. The Hall–Kier alpha value is -0.970. The van der Waals surface area contributed by atoms with E-state index < -0.39 is 11.8 Å². The van der Waals surface area contributed by atoms with Crippen LogP contribution in [0.3, 0.4) is 0 Å². The van der Waals surface area contributed by atoms with Crippen LogP contribution in [-0.4, -0.2) is 29.0 Å². The quantitative estimate of drug-likeness (QED) is 0.640. The minimum Gasteiger partial charge on any atom is -0.298 e. The van der Waals surface area contributed by atoms with Crippen LogP contribution in [0.15, 0.2) is 10.6 Å². The summed E-state index contributed by atoms with van der Waals surface area (Å²) in [6.07, 6.45) is 1.16. The Labute approximate surface area is 77.3 Å². The van der Waals surface area contributed by atoms with E-state index in [1.165, 1.54) is 6.92 Å². The fourth-order valence-corrected chi connectivity index (χ4v) is 1.26. The molecule has 0 unspecified atom stereocenters. The van der Waals surface area contributed by atoms with Gasteiger partial charge in [0.2, 0.25) is 0 Å². The third kappa shape index (κ3) is 1.61. The Kier molecular flexibility index (Phi) is 2.42. The molecule has 1 aliphatic heterocycles. The van der Waals surface area contributed by atoms with E-state index in [4.69, 9.17) is 0 Å². The lowest BCUT2D eigenvalue weighted by atomic mass is 10.4. The smallest absolute Gasteiger partial charge is 0.268 e. The molecule has 0 fully saturated rings. The SMILES string of the molecule is CC(=O)CN1C(=O)C=C(Br)C1=O. The normalized spacial score (nSPS) is 16.8. The Bertz CT molecular complexity index is 295. The van der Waals surface area contributed by atoms with Crippen molar-refractivity contribution in [2.24, 2.45) is 0 Å². The van der Waals surface area contributed by atoms with E-state index in [1.807, 2.05) is 0 Å². The van der Waals surface area contributed by atoms with Crippen LogP contribution in [0.25, 0.3) is 0 Å². The van der Waals surface area contributed by atoms with Crippen molar-refractivity contribution < 1.29 is 14.4 Å². The largest absolute Gasteiger partial charge is 0.298 e. The maximum atomic E-state index is 11.1. The topological polar surface area (TPSA) is 54.5 Å². The lowest BCUT2D eigenvalue weighted by Crippen LogP contribution is -2.34. The molecule has 0 spiro atoms. The van der Waals surface area contributed by atoms with Gasteiger partial charge in [0.15, 0.2) is 0 Å². The first-order valence-corrected chi connectivity index (χ1v) is 4.04. The number of amides is 2. The number of halogens is 1. The van der Waals surface area contributed by atoms with Crippen molar-refractivity contribution in [3.63, 3.8) is 0 Å². The van der Waals surface area contributed by atoms with Gasteiger partial charge in [-0.2, -0.15) is 0 Å². The minimum absolute atomic E-state index is 0.150. The molecule has 1 heterocycles. The van der Waals surface area contributed by atoms with Crippen molar-refractivity contribution in [1.82, 2.24) is 4.90 Å². The number of rotatable bonds is 2. The second kappa shape index (κ2) is 3.18. The molecule has 0 radical (unpaired) electrons. The van der Waals surface area contributed by atoms with Gasteiger partial charge in [0, 0.05) is 6.08 Å². The van der Waals surface area contributed by atoms with Crippen molar-refractivity contribution in [3.8, 4) is 0 Å². The molecule has 0 aliphatic carbocycles. The Morgan fingerprint density at radius 1 is 1.58 bits per heavy atom. The number of carbonyl (C=O) groups is 3. The summed E-state index contributed by atoms with van der Waals surface area (Å²) in [5.41, 5.74) is 0. The molecular weight excluding hydrogens is 226 g/mol. The highest BCUT2D eigenvalue weighted by atomic mass is 79.9. The summed E-state index contributed by atoms with van der Waals surface area (Å²) < 4.78 is 0.203. The Balaban J connectivity index is 2.77. The molecule has 1 aliphatic rings. The molecule has 12 heavy (non-hydrogen) atoms. The number of hydrogen-bond acceptors (Lipinski definition) is 3. The summed E-state index contributed by atoms with van der Waals surface area (Å²) in [5.74, 6) is -1.11. The second-order valence-corrected chi connectivity index (χ2v) is 3.28. The highest BCUT2D eigenvalue weighted by molar-refractivity contribution is 9.12. The lowest BCUT2D eigenvalue weighted by molar-refractivity contribution is -0.140. The molecule has 0 aromatic carbocycles. The highest BCUT2D eigenvalue weighted by Crippen LogP contribution is 2.17. The van der Waals surface area contributed by atoms with E-state index in [0.717, 1.165) is 11.0 Å². The van der Waals surface area contributed by atoms with E-state index >= 15 is 0 Å². The van der Waals surface area contributed by atoms with Gasteiger partial charge in [-0.15, -0.1) is 0 Å². The average molecular weight is 232 g/mol. The second-order valence-electron chi connectivity index (χ2n) is 2.42. The molecule has 0 saturated carbocycles. The molecule has 0 aromatic rings. The minimum atomic E-state index is -0.449. The first-order chi connectivity index (χ1) is 5.52. The van der Waals surface area contributed by atoms with Gasteiger partial charge in [0.25, 0.3) is 11.8 Å². The number of ketones is 1. The highest BCUT2D eigenvalue weighted by Gasteiger charge is 2.29. The van der Waals surface area contributed by atoms with Crippen LogP contribution in [0.2, 0.25) is 0 Å². The summed E-state index contributed by atoms with van der Waals surface area (Å²) in [6.45, 7) is 1.18. The third-order valence-corrected chi connectivity index (χ3v) is 1.91. The maximum absolute atomic E-state index is 11.1. The molecule has 64 valence electrons. The van der Waals surface area contributed by atoms with Gasteiger partial charge >= 0.3 is 0 Å². The molecular formula is C7H6BrNO3. The van der Waals surface area contributed by atoms with Gasteiger partial charge in [0.05, 0.1) is 11.0 Å². The number of hydrogen-bond donors (Lipinski definition) is 0. The Morgan fingerprint density at radius 2 is 2.17 bits per heavy atom. The number of nitrogens with zero attached hydrogens (tertiary/aromatic N) is 1. The summed E-state index contributed by atoms with van der Waals surface area (Å²) in [6, 6.07) is 0. The van der Waals surface area contributed by atoms with Crippen LogP contribution in [0.5, 0.6) is 0 Å². The van der Waals surface area contributed by atoms with E-state index in [0.29, 0.717) is 0 Å². The predicted octanol–water partition coefficient (Wildman–Crippen LogP) is 0.223. The number of Topliss-reactive ketones (excluding diaryl/α,β-unsaturated/α-hetero) is 1. The molecule has 2 amide bonds. The van der Waals surface area contributed by atoms with Gasteiger partial charge in [-0.1, -0.05) is 0 Å². The van der Waals surface area contributed by atoms with Crippen molar-refractivity contribution in [2.45, 2.75) is 6.92 Å². The zero-order valence-corrected chi connectivity index (χ0v) is 7.92. The first-order valence-electron chi connectivity index (χ1n) is 3.25. The summed E-state index contributed by atoms with van der Waals surface area (Å²) in [5, 5.41) is 0. The van der Waals surface area contributed by atoms with Crippen LogP contribution in [0, 0.1) is 0 Å². The molecule has 4 nitrogen and oxygen atoms in total. The summed E-state index contributed by atoms with van der Waals surface area (Å²) in [4.78, 5) is 33.6. The van der Waals surface area contributed by atoms with E-state index in [-0.39, 0.29) is 16.8 Å². The standard InChI is InChI=1S/C7H6BrNO3/c1-4(10)3-9-6(11)2-5(8)7(9)12/h2H,3H2,1H3. The van der Waals surface area contributed by atoms with Crippen molar-refractivity contribution in [2.75, 3.05) is 6.54 Å². The molecule has 0 saturated heterocycles. The molecule has 5 heteroatoms. The average Bonchev–Trinajstić information content (AvgIpc) is 2.16. The zero-order valence-electron chi connectivity index (χ0n) is 6.33. The van der Waals surface area contributed by atoms with Gasteiger partial charge in [-0.25, -0.2) is 0 Å². The predicted molar refractivity (Wildman–Crippen MR) is 44.4 cm³/mol. The van der Waals surface area contributed by atoms with Crippen LogP contribution in [0.1, 0.15) is 6.92 Å². The van der Waals surface area contributed by atoms with Gasteiger partial charge in [-0.05, 0) is 22.9 Å². The molecule has 0 N–H and O–H groups in total. The fourth-order valence-electron chi connectivity index (χ4n) is 0.849. The maximum Gasteiger partial charge on any atom is 0.268 e. The van der Waals surface area contributed by atoms with Crippen molar-refractivity contribution >= 4 is 33.5 Å². The van der Waals surface area contributed by atoms with Crippen LogP contribution >= 0.6 is 15.9 Å². The Morgan fingerprint density at radius 3 is 2.50 bits per heavy atom. The third-order valence-electron chi connectivity index (χ3n) is 1.35. The van der Waals surface area contributed by atoms with Gasteiger partial charge < -0.3 is 0 Å². The van der Waals surface area contributed by atoms with Gasteiger partial charge in [-0.3, -0.25) is 19.3 Å². The molecule has 0 bridgehead atoms. The molecule has 1 rings (SSSR count). The lowest BCUT2D eigenvalue weighted by Gasteiger charge is -2.10. The monoisotopic (exact) mass is 231 g/mol. The van der Waals surface area contributed by atoms with Crippen LogP contribution in [-0.2, 0) is 14.4 Å². The van der Waals surface area contributed by atoms with E-state index in [2.05, 4.69) is 15.9 Å². The van der Waals surface area contributed by atoms with Crippen molar-refractivity contribution in [3.05, 3.63) is 10.6 Å². The molecule has 0 aromatic heterocycles. The van der Waals surface area contributed by atoms with Crippen LogP contribution in [0.4, 0.5) is 0 Å². The fraction of sp³-hybridized carbons (Fsp3) is 0.286. The van der Waals surface area contributed by atoms with Crippen LogP contribution < -0.4 is 0 Å². The number of imide groups is 1. The van der Waals surface area contributed by atoms with Gasteiger partial charge in [0.1, 0.15) is 5.78 Å². The number of carbonyl (C=O) groups excluding carboxylic acids is 3. The summed E-state index contributed by atoms with van der Waals surface area (Å²) in [7, 11) is 0. The zero-order chi connectivity index (χ0) is 9.30.